The fraction of sp³-hybridized carbons (Fsp3) is 0.533. The van der Waals surface area contributed by atoms with E-state index >= 15 is 0 Å². The maximum atomic E-state index is 12.5. The molecule has 0 aromatic heterocycles. The van der Waals surface area contributed by atoms with Gasteiger partial charge in [-0.3, -0.25) is 4.79 Å². The number of aliphatic hydroxyl groups excluding tert-OH is 1. The lowest BCUT2D eigenvalue weighted by atomic mass is 10.0. The van der Waals surface area contributed by atoms with E-state index in [9.17, 15) is 4.79 Å². The van der Waals surface area contributed by atoms with Crippen molar-refractivity contribution in [3.63, 3.8) is 0 Å². The quantitative estimate of drug-likeness (QED) is 0.844. The highest BCUT2D eigenvalue weighted by Gasteiger charge is 2.31. The zero-order valence-electron chi connectivity index (χ0n) is 11.2. The van der Waals surface area contributed by atoms with Crippen LogP contribution < -0.4 is 5.73 Å². The summed E-state index contributed by atoms with van der Waals surface area (Å²) in [6.07, 6.45) is 3.66. The number of nitrogens with zero attached hydrogens (tertiary/aromatic N) is 1. The van der Waals surface area contributed by atoms with Crippen LogP contribution >= 0.6 is 0 Å². The predicted molar refractivity (Wildman–Crippen MR) is 74.4 cm³/mol. The van der Waals surface area contributed by atoms with Gasteiger partial charge in [-0.1, -0.05) is 30.3 Å². The van der Waals surface area contributed by atoms with Crippen molar-refractivity contribution in [2.75, 3.05) is 13.2 Å². The van der Waals surface area contributed by atoms with Gasteiger partial charge in [-0.05, 0) is 31.2 Å². The molecule has 1 aliphatic heterocycles. The molecule has 3 N–H and O–H groups in total. The fourth-order valence-electron chi connectivity index (χ4n) is 2.73. The summed E-state index contributed by atoms with van der Waals surface area (Å²) < 4.78 is 0. The molecule has 1 amide bonds. The van der Waals surface area contributed by atoms with E-state index in [-0.39, 0.29) is 18.6 Å². The number of hydrogen-bond acceptors (Lipinski definition) is 3. The van der Waals surface area contributed by atoms with Gasteiger partial charge in [0.2, 0.25) is 5.91 Å². The van der Waals surface area contributed by atoms with Crippen LogP contribution in [0.2, 0.25) is 0 Å². The standard InChI is InChI=1S/C15H22N2O2/c16-14(12-6-2-1-3-7-12)15(19)17-10-4-8-13(17)9-5-11-18/h1-3,6-7,13-14,18H,4-5,8-11,16H2/t13?,14-/m1/s1. The van der Waals surface area contributed by atoms with Crippen molar-refractivity contribution in [2.24, 2.45) is 5.73 Å². The molecule has 0 radical (unpaired) electrons. The molecule has 1 fully saturated rings. The smallest absolute Gasteiger partial charge is 0.244 e. The molecule has 0 spiro atoms. The number of aliphatic hydroxyl groups is 1. The molecule has 0 bridgehead atoms. The number of hydrogen-bond donors (Lipinski definition) is 2. The molecule has 0 aliphatic carbocycles. The van der Waals surface area contributed by atoms with E-state index in [1.54, 1.807) is 0 Å². The Morgan fingerprint density at radius 2 is 2.16 bits per heavy atom. The van der Waals surface area contributed by atoms with Crippen LogP contribution in [0.5, 0.6) is 0 Å². The Morgan fingerprint density at radius 3 is 2.84 bits per heavy atom. The Balaban J connectivity index is 2.02. The zero-order chi connectivity index (χ0) is 13.7. The molecule has 4 heteroatoms. The van der Waals surface area contributed by atoms with Gasteiger partial charge in [0.15, 0.2) is 0 Å². The SMILES string of the molecule is N[C@@H](C(=O)N1CCCC1CCCO)c1ccccc1. The third kappa shape index (κ3) is 3.33. The van der Waals surface area contributed by atoms with Gasteiger partial charge in [-0.15, -0.1) is 0 Å². The van der Waals surface area contributed by atoms with Crippen molar-refractivity contribution in [2.45, 2.75) is 37.8 Å². The first kappa shape index (κ1) is 14.0. The molecule has 1 heterocycles. The van der Waals surface area contributed by atoms with Crippen molar-refractivity contribution in [3.05, 3.63) is 35.9 Å². The molecule has 1 aromatic rings. The second-order valence-corrected chi connectivity index (χ2v) is 5.08. The second kappa shape index (κ2) is 6.68. The van der Waals surface area contributed by atoms with Gasteiger partial charge in [0, 0.05) is 19.2 Å². The largest absolute Gasteiger partial charge is 0.396 e. The fourth-order valence-corrected chi connectivity index (χ4v) is 2.73. The average molecular weight is 262 g/mol. The minimum atomic E-state index is -0.573. The second-order valence-electron chi connectivity index (χ2n) is 5.08. The average Bonchev–Trinajstić information content (AvgIpc) is 2.92. The minimum absolute atomic E-state index is 0.00615. The Morgan fingerprint density at radius 1 is 1.42 bits per heavy atom. The molecule has 1 unspecified atom stereocenters. The van der Waals surface area contributed by atoms with E-state index in [0.29, 0.717) is 0 Å². The number of likely N-dealkylation sites (tertiary alicyclic amines) is 1. The number of nitrogens with two attached hydrogens (primary N) is 1. The third-order valence-electron chi connectivity index (χ3n) is 3.78. The minimum Gasteiger partial charge on any atom is -0.396 e. The number of benzene rings is 1. The molecule has 4 nitrogen and oxygen atoms in total. The maximum absolute atomic E-state index is 12.5. The summed E-state index contributed by atoms with van der Waals surface area (Å²) in [6.45, 7) is 0.971. The Kier molecular flexibility index (Phi) is 4.93. The molecule has 19 heavy (non-hydrogen) atoms. The molecule has 1 aromatic carbocycles. The number of carbonyl (C=O) groups excluding carboxylic acids is 1. The first-order valence-corrected chi connectivity index (χ1v) is 6.96. The van der Waals surface area contributed by atoms with E-state index < -0.39 is 6.04 Å². The van der Waals surface area contributed by atoms with Gasteiger partial charge in [-0.2, -0.15) is 0 Å². The van der Waals surface area contributed by atoms with E-state index in [1.807, 2.05) is 35.2 Å². The predicted octanol–water partition coefficient (Wildman–Crippen LogP) is 1.45. The van der Waals surface area contributed by atoms with E-state index in [0.717, 1.165) is 37.8 Å². The van der Waals surface area contributed by atoms with Crippen molar-refractivity contribution in [1.82, 2.24) is 4.90 Å². The highest BCUT2D eigenvalue weighted by Crippen LogP contribution is 2.24. The molecule has 2 atom stereocenters. The summed E-state index contributed by atoms with van der Waals surface area (Å²) in [5.41, 5.74) is 6.93. The summed E-state index contributed by atoms with van der Waals surface area (Å²) in [5, 5.41) is 8.91. The molecule has 1 aliphatic rings. The van der Waals surface area contributed by atoms with E-state index in [2.05, 4.69) is 0 Å². The molecule has 0 saturated carbocycles. The zero-order valence-corrected chi connectivity index (χ0v) is 11.2. The highest BCUT2D eigenvalue weighted by atomic mass is 16.3. The monoisotopic (exact) mass is 262 g/mol. The molecule has 2 rings (SSSR count). The van der Waals surface area contributed by atoms with Crippen molar-refractivity contribution in [3.8, 4) is 0 Å². The highest BCUT2D eigenvalue weighted by molar-refractivity contribution is 5.83. The third-order valence-corrected chi connectivity index (χ3v) is 3.78. The van der Waals surface area contributed by atoms with Gasteiger partial charge < -0.3 is 15.7 Å². The molecule has 1 saturated heterocycles. The van der Waals surface area contributed by atoms with Crippen LogP contribution in [0.4, 0.5) is 0 Å². The van der Waals surface area contributed by atoms with Crippen LogP contribution in [0.3, 0.4) is 0 Å². The number of rotatable bonds is 5. The topological polar surface area (TPSA) is 66.6 Å². The van der Waals surface area contributed by atoms with Crippen LogP contribution in [0, 0.1) is 0 Å². The van der Waals surface area contributed by atoms with Gasteiger partial charge >= 0.3 is 0 Å². The first-order valence-electron chi connectivity index (χ1n) is 6.96. The summed E-state index contributed by atoms with van der Waals surface area (Å²) >= 11 is 0. The van der Waals surface area contributed by atoms with E-state index in [4.69, 9.17) is 10.8 Å². The van der Waals surface area contributed by atoms with Crippen molar-refractivity contribution >= 4 is 5.91 Å². The van der Waals surface area contributed by atoms with Crippen LogP contribution in [0.25, 0.3) is 0 Å². The summed E-state index contributed by atoms with van der Waals surface area (Å²) in [5.74, 6) is 0.00615. The van der Waals surface area contributed by atoms with Gasteiger partial charge in [0.1, 0.15) is 6.04 Å². The Labute approximate surface area is 114 Å². The van der Waals surface area contributed by atoms with Crippen LogP contribution in [-0.2, 0) is 4.79 Å². The van der Waals surface area contributed by atoms with Crippen LogP contribution in [-0.4, -0.2) is 35.1 Å². The maximum Gasteiger partial charge on any atom is 0.244 e. The lowest BCUT2D eigenvalue weighted by Crippen LogP contribution is -2.41. The Bertz CT molecular complexity index is 408. The van der Waals surface area contributed by atoms with Gasteiger partial charge in [0.25, 0.3) is 0 Å². The number of carbonyl (C=O) groups is 1. The summed E-state index contributed by atoms with van der Waals surface area (Å²) in [4.78, 5) is 14.4. The van der Waals surface area contributed by atoms with E-state index in [1.165, 1.54) is 0 Å². The first-order chi connectivity index (χ1) is 9.24. The van der Waals surface area contributed by atoms with Crippen molar-refractivity contribution < 1.29 is 9.90 Å². The normalized spacial score (nSPS) is 20.5. The lowest BCUT2D eigenvalue weighted by Gasteiger charge is -2.27. The summed E-state index contributed by atoms with van der Waals surface area (Å²) in [6, 6.07) is 9.17. The summed E-state index contributed by atoms with van der Waals surface area (Å²) in [7, 11) is 0. The Hall–Kier alpha value is -1.39. The van der Waals surface area contributed by atoms with Crippen LogP contribution in [0.15, 0.2) is 30.3 Å². The lowest BCUT2D eigenvalue weighted by molar-refractivity contribution is -0.133. The van der Waals surface area contributed by atoms with Gasteiger partial charge in [0.05, 0.1) is 0 Å². The van der Waals surface area contributed by atoms with Gasteiger partial charge in [-0.25, -0.2) is 0 Å². The molecular weight excluding hydrogens is 240 g/mol. The number of amides is 1. The molecule has 104 valence electrons. The van der Waals surface area contributed by atoms with Crippen LogP contribution in [0.1, 0.15) is 37.3 Å². The van der Waals surface area contributed by atoms with Crippen molar-refractivity contribution in [1.29, 1.82) is 0 Å². The molecular formula is C15H22N2O2.